The highest BCUT2D eigenvalue weighted by atomic mass is 35.5. The van der Waals surface area contributed by atoms with Crippen molar-refractivity contribution in [3.05, 3.63) is 94.7 Å². The van der Waals surface area contributed by atoms with Crippen LogP contribution in [0.4, 0.5) is 11.4 Å². The van der Waals surface area contributed by atoms with E-state index in [2.05, 4.69) is 10.6 Å². The quantitative estimate of drug-likeness (QED) is 0.369. The summed E-state index contributed by atoms with van der Waals surface area (Å²) in [6.45, 7) is 3.85. The zero-order valence-corrected chi connectivity index (χ0v) is 17.3. The van der Waals surface area contributed by atoms with Crippen molar-refractivity contribution in [3.8, 4) is 17.6 Å². The predicted octanol–water partition coefficient (Wildman–Crippen LogP) is 6.21. The molecule has 0 radical (unpaired) electrons. The Balaban J connectivity index is 1.66. The van der Waals surface area contributed by atoms with Crippen LogP contribution in [0, 0.1) is 25.2 Å². The molecule has 0 spiro atoms. The molecule has 6 heteroatoms. The monoisotopic (exact) mass is 417 g/mol. The van der Waals surface area contributed by atoms with E-state index < -0.39 is 5.91 Å². The molecular formula is C24H20ClN3O2. The molecule has 0 bridgehead atoms. The number of benzene rings is 3. The second-order valence-corrected chi connectivity index (χ2v) is 7.05. The van der Waals surface area contributed by atoms with Gasteiger partial charge in [-0.25, -0.2) is 0 Å². The number of amides is 1. The van der Waals surface area contributed by atoms with Gasteiger partial charge in [-0.1, -0.05) is 35.9 Å². The molecule has 3 aromatic rings. The molecule has 150 valence electrons. The fourth-order valence-electron chi connectivity index (χ4n) is 2.82. The minimum atomic E-state index is -0.525. The SMILES string of the molecule is Cc1cc(C)c(N/C=C(/C#N)C(=O)Nc2ccc(Oc3ccccc3)cc2)c(Cl)c1. The van der Waals surface area contributed by atoms with Crippen LogP contribution in [0.2, 0.25) is 5.02 Å². The van der Waals surface area contributed by atoms with Gasteiger partial charge < -0.3 is 15.4 Å². The number of nitrogens with zero attached hydrogens (tertiary/aromatic N) is 1. The molecule has 0 aromatic heterocycles. The van der Waals surface area contributed by atoms with Crippen LogP contribution >= 0.6 is 11.6 Å². The van der Waals surface area contributed by atoms with Gasteiger partial charge in [0.25, 0.3) is 5.91 Å². The minimum absolute atomic E-state index is 0.0735. The Kier molecular flexibility index (Phi) is 6.74. The second kappa shape index (κ2) is 9.64. The van der Waals surface area contributed by atoms with Gasteiger partial charge in [-0.3, -0.25) is 4.79 Å². The summed E-state index contributed by atoms with van der Waals surface area (Å²) >= 11 is 6.26. The first-order valence-corrected chi connectivity index (χ1v) is 9.62. The van der Waals surface area contributed by atoms with E-state index >= 15 is 0 Å². The standard InChI is InChI=1S/C24H20ClN3O2/c1-16-12-17(2)23(22(25)13-16)27-15-18(14-26)24(29)28-19-8-10-21(11-9-19)30-20-6-4-3-5-7-20/h3-13,15,27H,1-2H3,(H,28,29)/b18-15-. The Hall–Kier alpha value is -3.75. The molecule has 5 nitrogen and oxygen atoms in total. The molecule has 0 unspecified atom stereocenters. The van der Waals surface area contributed by atoms with Gasteiger partial charge in [-0.2, -0.15) is 5.26 Å². The number of halogens is 1. The van der Waals surface area contributed by atoms with E-state index in [1.807, 2.05) is 62.4 Å². The molecule has 0 fully saturated rings. The van der Waals surface area contributed by atoms with E-state index in [1.54, 1.807) is 24.3 Å². The number of nitriles is 1. The number of para-hydroxylation sites is 1. The molecule has 30 heavy (non-hydrogen) atoms. The maximum Gasteiger partial charge on any atom is 0.267 e. The first-order valence-electron chi connectivity index (χ1n) is 9.24. The predicted molar refractivity (Wildman–Crippen MR) is 120 cm³/mol. The molecule has 0 saturated carbocycles. The van der Waals surface area contributed by atoms with Crippen molar-refractivity contribution in [3.63, 3.8) is 0 Å². The lowest BCUT2D eigenvalue weighted by atomic mass is 10.1. The summed E-state index contributed by atoms with van der Waals surface area (Å²) in [7, 11) is 0. The highest BCUT2D eigenvalue weighted by Gasteiger charge is 2.11. The Labute approximate surface area is 180 Å². The van der Waals surface area contributed by atoms with Gasteiger partial charge in [0.2, 0.25) is 0 Å². The molecule has 0 heterocycles. The lowest BCUT2D eigenvalue weighted by molar-refractivity contribution is -0.112. The number of carbonyl (C=O) groups excluding carboxylic acids is 1. The highest BCUT2D eigenvalue weighted by Crippen LogP contribution is 2.27. The molecule has 3 aromatic carbocycles. The summed E-state index contributed by atoms with van der Waals surface area (Å²) in [5.74, 6) is 0.837. The number of hydrogen-bond acceptors (Lipinski definition) is 4. The minimum Gasteiger partial charge on any atom is -0.457 e. The maximum atomic E-state index is 12.5. The Morgan fingerprint density at radius 2 is 1.70 bits per heavy atom. The van der Waals surface area contributed by atoms with Crippen molar-refractivity contribution >= 4 is 28.9 Å². The fraction of sp³-hybridized carbons (Fsp3) is 0.0833. The van der Waals surface area contributed by atoms with E-state index in [4.69, 9.17) is 16.3 Å². The zero-order chi connectivity index (χ0) is 21.5. The summed E-state index contributed by atoms with van der Waals surface area (Å²) in [5, 5.41) is 15.6. The first-order chi connectivity index (χ1) is 14.5. The van der Waals surface area contributed by atoms with Crippen molar-refractivity contribution in [1.29, 1.82) is 5.26 Å². The van der Waals surface area contributed by atoms with Crippen molar-refractivity contribution in [2.24, 2.45) is 0 Å². The van der Waals surface area contributed by atoms with Gasteiger partial charge in [-0.15, -0.1) is 0 Å². The Morgan fingerprint density at radius 1 is 1.03 bits per heavy atom. The van der Waals surface area contributed by atoms with Crippen LogP contribution in [0.3, 0.4) is 0 Å². The summed E-state index contributed by atoms with van der Waals surface area (Å²) in [4.78, 5) is 12.5. The number of nitrogens with one attached hydrogen (secondary N) is 2. The molecule has 0 saturated heterocycles. The maximum absolute atomic E-state index is 12.5. The molecule has 0 atom stereocenters. The highest BCUT2D eigenvalue weighted by molar-refractivity contribution is 6.33. The van der Waals surface area contributed by atoms with Crippen LogP contribution < -0.4 is 15.4 Å². The smallest absolute Gasteiger partial charge is 0.267 e. The molecule has 0 aliphatic heterocycles. The van der Waals surface area contributed by atoms with E-state index in [-0.39, 0.29) is 5.57 Å². The number of aryl methyl sites for hydroxylation is 2. The summed E-state index contributed by atoms with van der Waals surface area (Å²) in [6.07, 6.45) is 1.35. The lowest BCUT2D eigenvalue weighted by Gasteiger charge is -2.10. The normalized spacial score (nSPS) is 10.8. The lowest BCUT2D eigenvalue weighted by Crippen LogP contribution is -2.14. The average molecular weight is 418 g/mol. The van der Waals surface area contributed by atoms with Gasteiger partial charge in [0.05, 0.1) is 10.7 Å². The van der Waals surface area contributed by atoms with Crippen LogP contribution in [0.1, 0.15) is 11.1 Å². The van der Waals surface area contributed by atoms with Gasteiger partial charge in [0.15, 0.2) is 0 Å². The molecule has 2 N–H and O–H groups in total. The van der Waals surface area contributed by atoms with Crippen molar-refractivity contribution < 1.29 is 9.53 Å². The van der Waals surface area contributed by atoms with Crippen LogP contribution in [0.5, 0.6) is 11.5 Å². The van der Waals surface area contributed by atoms with Gasteiger partial charge in [-0.05, 0) is 67.4 Å². The third-order valence-corrected chi connectivity index (χ3v) is 4.55. The van der Waals surface area contributed by atoms with Crippen LogP contribution in [-0.4, -0.2) is 5.91 Å². The largest absolute Gasteiger partial charge is 0.457 e. The van der Waals surface area contributed by atoms with Crippen LogP contribution in [-0.2, 0) is 4.79 Å². The van der Waals surface area contributed by atoms with E-state index in [9.17, 15) is 10.1 Å². The third-order valence-electron chi connectivity index (χ3n) is 4.25. The number of anilines is 2. The van der Waals surface area contributed by atoms with E-state index in [0.717, 1.165) is 16.9 Å². The number of ether oxygens (including phenoxy) is 1. The van der Waals surface area contributed by atoms with Gasteiger partial charge >= 0.3 is 0 Å². The topological polar surface area (TPSA) is 74.2 Å². The van der Waals surface area contributed by atoms with Gasteiger partial charge in [0.1, 0.15) is 23.1 Å². The molecule has 3 rings (SSSR count). The van der Waals surface area contributed by atoms with Crippen LogP contribution in [0.25, 0.3) is 0 Å². The van der Waals surface area contributed by atoms with Crippen molar-refractivity contribution in [2.75, 3.05) is 10.6 Å². The van der Waals surface area contributed by atoms with Crippen LogP contribution in [0.15, 0.2) is 78.5 Å². The Morgan fingerprint density at radius 3 is 2.33 bits per heavy atom. The van der Waals surface area contributed by atoms with Crippen molar-refractivity contribution in [1.82, 2.24) is 0 Å². The molecular weight excluding hydrogens is 398 g/mol. The van der Waals surface area contributed by atoms with E-state index in [0.29, 0.717) is 22.1 Å². The zero-order valence-electron chi connectivity index (χ0n) is 16.6. The number of carbonyl (C=O) groups is 1. The van der Waals surface area contributed by atoms with E-state index in [1.165, 1.54) is 6.20 Å². The average Bonchev–Trinajstić information content (AvgIpc) is 2.72. The molecule has 0 aliphatic carbocycles. The summed E-state index contributed by atoms with van der Waals surface area (Å²) in [5.41, 5.74) is 3.08. The summed E-state index contributed by atoms with van der Waals surface area (Å²) < 4.78 is 5.73. The summed E-state index contributed by atoms with van der Waals surface area (Å²) in [6, 6.07) is 22.0. The number of rotatable bonds is 6. The molecule has 0 aliphatic rings. The third kappa shape index (κ3) is 5.40. The Bertz CT molecular complexity index is 1090. The fourth-order valence-corrected chi connectivity index (χ4v) is 3.20. The second-order valence-electron chi connectivity index (χ2n) is 6.65. The molecule has 1 amide bonds. The first kappa shape index (κ1) is 21.0. The van der Waals surface area contributed by atoms with Gasteiger partial charge in [0, 0.05) is 11.9 Å². The van der Waals surface area contributed by atoms with Crippen molar-refractivity contribution in [2.45, 2.75) is 13.8 Å². The number of hydrogen-bond donors (Lipinski definition) is 2.